The van der Waals surface area contributed by atoms with Gasteiger partial charge in [-0.15, -0.1) is 11.3 Å². The maximum absolute atomic E-state index is 4.25. The summed E-state index contributed by atoms with van der Waals surface area (Å²) < 4.78 is 1.24. The maximum Gasteiger partial charge on any atom is 0.0812 e. The zero-order valence-corrected chi connectivity index (χ0v) is 8.21. The van der Waals surface area contributed by atoms with Gasteiger partial charge in [-0.3, -0.25) is 0 Å². The molecule has 1 N–H and O–H groups in total. The molecule has 0 saturated heterocycles. The number of thiazole rings is 1. The van der Waals surface area contributed by atoms with Gasteiger partial charge >= 0.3 is 0 Å². The van der Waals surface area contributed by atoms with Crippen LogP contribution in [-0.2, 0) is 0 Å². The molecule has 3 rings (SSSR count). The topological polar surface area (TPSA) is 28.7 Å². The molecule has 2 aromatic heterocycles. The average molecular weight is 200 g/mol. The Morgan fingerprint density at radius 1 is 1.14 bits per heavy atom. The van der Waals surface area contributed by atoms with Crippen LogP contribution < -0.4 is 0 Å². The lowest BCUT2D eigenvalue weighted by atomic mass is 10.1. The van der Waals surface area contributed by atoms with E-state index in [4.69, 9.17) is 0 Å². The Morgan fingerprint density at radius 3 is 3.00 bits per heavy atom. The van der Waals surface area contributed by atoms with Crippen molar-refractivity contribution in [2.75, 3.05) is 0 Å². The van der Waals surface area contributed by atoms with E-state index >= 15 is 0 Å². The van der Waals surface area contributed by atoms with Crippen LogP contribution >= 0.6 is 11.3 Å². The lowest BCUT2D eigenvalue weighted by Crippen LogP contribution is -1.73. The first-order chi connectivity index (χ1) is 6.93. The monoisotopic (exact) mass is 200 g/mol. The molecule has 14 heavy (non-hydrogen) atoms. The molecule has 0 aliphatic rings. The van der Waals surface area contributed by atoms with E-state index in [1.165, 1.54) is 15.8 Å². The molecule has 0 aliphatic heterocycles. The molecule has 3 aromatic rings. The largest absolute Gasteiger partial charge is 0.367 e. The Bertz CT molecular complexity index is 551. The van der Waals surface area contributed by atoms with Crippen LogP contribution in [0.25, 0.3) is 21.3 Å². The van der Waals surface area contributed by atoms with Crippen molar-refractivity contribution in [3.63, 3.8) is 0 Å². The first-order valence-corrected chi connectivity index (χ1v) is 5.28. The second kappa shape index (κ2) is 2.96. The maximum atomic E-state index is 4.25. The van der Waals surface area contributed by atoms with Crippen molar-refractivity contribution in [2.45, 2.75) is 0 Å². The average Bonchev–Trinajstić information content (AvgIpc) is 2.88. The number of nitrogens with zero attached hydrogens (tertiary/aromatic N) is 1. The van der Waals surface area contributed by atoms with Crippen LogP contribution in [0.3, 0.4) is 0 Å². The minimum absolute atomic E-state index is 1.08. The zero-order chi connectivity index (χ0) is 9.38. The van der Waals surface area contributed by atoms with Crippen molar-refractivity contribution in [3.8, 4) is 11.1 Å². The Balaban J connectivity index is 2.23. The van der Waals surface area contributed by atoms with Crippen LogP contribution in [-0.4, -0.2) is 9.97 Å². The van der Waals surface area contributed by atoms with Crippen LogP contribution in [0.15, 0.2) is 42.2 Å². The third kappa shape index (κ3) is 1.14. The van der Waals surface area contributed by atoms with Crippen molar-refractivity contribution in [2.24, 2.45) is 0 Å². The molecule has 0 atom stereocenters. The molecule has 0 bridgehead atoms. The molecule has 0 unspecified atom stereocenters. The Labute approximate surface area is 85.2 Å². The van der Waals surface area contributed by atoms with Gasteiger partial charge in [-0.1, -0.05) is 6.07 Å². The summed E-state index contributed by atoms with van der Waals surface area (Å²) in [6.07, 6.45) is 3.94. The standard InChI is InChI=1S/C11H8N2S/c1-2-10-11(14-7-13-10)5-8(1)9-3-4-12-6-9/h1-7,12H. The number of aromatic amines is 1. The Kier molecular flexibility index (Phi) is 1.64. The molecule has 0 saturated carbocycles. The van der Waals surface area contributed by atoms with Crippen molar-refractivity contribution >= 4 is 21.6 Å². The lowest BCUT2D eigenvalue weighted by molar-refractivity contribution is 1.41. The summed E-state index contributed by atoms with van der Waals surface area (Å²) in [5.74, 6) is 0. The van der Waals surface area contributed by atoms with E-state index < -0.39 is 0 Å². The van der Waals surface area contributed by atoms with Gasteiger partial charge in [0.05, 0.1) is 15.7 Å². The summed E-state index contributed by atoms with van der Waals surface area (Å²) in [7, 11) is 0. The predicted octanol–water partition coefficient (Wildman–Crippen LogP) is 3.29. The molecule has 3 heteroatoms. The summed E-state index contributed by atoms with van der Waals surface area (Å²) in [5, 5.41) is 0. The second-order valence-corrected chi connectivity index (χ2v) is 4.02. The molecule has 1 aromatic carbocycles. The molecule has 0 amide bonds. The predicted molar refractivity (Wildman–Crippen MR) is 59.4 cm³/mol. The SMILES string of the molecule is c1cc(-c2ccc3ncsc3c2)c[nH]1. The Hall–Kier alpha value is -1.61. The van der Waals surface area contributed by atoms with Crippen LogP contribution in [0.1, 0.15) is 0 Å². The van der Waals surface area contributed by atoms with Crippen molar-refractivity contribution in [1.82, 2.24) is 9.97 Å². The minimum Gasteiger partial charge on any atom is -0.367 e. The van der Waals surface area contributed by atoms with E-state index in [1.807, 2.05) is 17.9 Å². The fourth-order valence-electron chi connectivity index (χ4n) is 1.54. The van der Waals surface area contributed by atoms with Crippen LogP contribution in [0.5, 0.6) is 0 Å². The number of benzene rings is 1. The highest BCUT2D eigenvalue weighted by Crippen LogP contribution is 2.25. The number of nitrogens with one attached hydrogen (secondary N) is 1. The van der Waals surface area contributed by atoms with Gasteiger partial charge in [-0.05, 0) is 29.3 Å². The van der Waals surface area contributed by atoms with E-state index in [-0.39, 0.29) is 0 Å². The third-order valence-corrected chi connectivity index (χ3v) is 3.05. The molecule has 0 radical (unpaired) electrons. The number of hydrogen-bond acceptors (Lipinski definition) is 2. The van der Waals surface area contributed by atoms with E-state index in [0.29, 0.717) is 0 Å². The van der Waals surface area contributed by atoms with E-state index in [2.05, 4.69) is 34.2 Å². The fraction of sp³-hybridized carbons (Fsp3) is 0. The summed E-state index contributed by atoms with van der Waals surface area (Å²) in [5.41, 5.74) is 5.42. The molecule has 2 heterocycles. The second-order valence-electron chi connectivity index (χ2n) is 3.13. The number of H-pyrrole nitrogens is 1. The number of fused-ring (bicyclic) bond motifs is 1. The smallest absolute Gasteiger partial charge is 0.0812 e. The van der Waals surface area contributed by atoms with Crippen LogP contribution in [0, 0.1) is 0 Å². The highest BCUT2D eigenvalue weighted by atomic mass is 32.1. The zero-order valence-electron chi connectivity index (χ0n) is 7.40. The van der Waals surface area contributed by atoms with Crippen LogP contribution in [0.2, 0.25) is 0 Å². The summed E-state index contributed by atoms with van der Waals surface area (Å²) in [4.78, 5) is 7.31. The van der Waals surface area contributed by atoms with Gasteiger partial charge in [0, 0.05) is 12.4 Å². The van der Waals surface area contributed by atoms with Gasteiger partial charge < -0.3 is 4.98 Å². The van der Waals surface area contributed by atoms with Crippen molar-refractivity contribution < 1.29 is 0 Å². The van der Waals surface area contributed by atoms with Crippen LogP contribution in [0.4, 0.5) is 0 Å². The molecular formula is C11H8N2S. The fourth-order valence-corrected chi connectivity index (χ4v) is 2.25. The third-order valence-electron chi connectivity index (χ3n) is 2.26. The van der Waals surface area contributed by atoms with E-state index in [9.17, 15) is 0 Å². The lowest BCUT2D eigenvalue weighted by Gasteiger charge is -1.96. The number of hydrogen-bond donors (Lipinski definition) is 1. The highest BCUT2D eigenvalue weighted by Gasteiger charge is 2.00. The quantitative estimate of drug-likeness (QED) is 0.641. The summed E-state index contributed by atoms with van der Waals surface area (Å²) >= 11 is 1.68. The highest BCUT2D eigenvalue weighted by molar-refractivity contribution is 7.16. The molecule has 0 spiro atoms. The minimum atomic E-state index is 1.08. The van der Waals surface area contributed by atoms with E-state index in [0.717, 1.165) is 5.52 Å². The van der Waals surface area contributed by atoms with Gasteiger partial charge in [0.1, 0.15) is 0 Å². The molecule has 68 valence electrons. The molecule has 0 fully saturated rings. The van der Waals surface area contributed by atoms with Gasteiger partial charge in [0.25, 0.3) is 0 Å². The first kappa shape index (κ1) is 7.76. The number of rotatable bonds is 1. The normalized spacial score (nSPS) is 10.9. The van der Waals surface area contributed by atoms with Gasteiger partial charge in [0.15, 0.2) is 0 Å². The van der Waals surface area contributed by atoms with Crippen molar-refractivity contribution in [3.05, 3.63) is 42.2 Å². The van der Waals surface area contributed by atoms with Crippen molar-refractivity contribution in [1.29, 1.82) is 0 Å². The molecular weight excluding hydrogens is 192 g/mol. The summed E-state index contributed by atoms with van der Waals surface area (Å²) in [6, 6.07) is 8.41. The first-order valence-electron chi connectivity index (χ1n) is 4.40. The van der Waals surface area contributed by atoms with E-state index in [1.54, 1.807) is 11.3 Å². The molecule has 2 nitrogen and oxygen atoms in total. The molecule has 0 aliphatic carbocycles. The van der Waals surface area contributed by atoms with Gasteiger partial charge in [0.2, 0.25) is 0 Å². The number of aromatic nitrogens is 2. The summed E-state index contributed by atoms with van der Waals surface area (Å²) in [6.45, 7) is 0. The Morgan fingerprint density at radius 2 is 2.14 bits per heavy atom. The van der Waals surface area contributed by atoms with Gasteiger partial charge in [-0.2, -0.15) is 0 Å². The van der Waals surface area contributed by atoms with Gasteiger partial charge in [-0.25, -0.2) is 4.98 Å².